The first-order chi connectivity index (χ1) is 10.7. The molecule has 0 radical (unpaired) electrons. The summed E-state index contributed by atoms with van der Waals surface area (Å²) < 4.78 is 31.2. The molecule has 2 bridgehead atoms. The lowest BCUT2D eigenvalue weighted by atomic mass is 9.70. The molecule has 0 N–H and O–H groups in total. The van der Waals surface area contributed by atoms with Crippen LogP contribution in [0.3, 0.4) is 0 Å². The van der Waals surface area contributed by atoms with Gasteiger partial charge in [0.15, 0.2) is 11.6 Å². The smallest absolute Gasteiger partial charge is 0.275 e. The lowest BCUT2D eigenvalue weighted by Gasteiger charge is -2.36. The van der Waals surface area contributed by atoms with E-state index in [9.17, 15) is 13.6 Å². The average molecular weight is 318 g/mol. The molecule has 5 heteroatoms. The highest BCUT2D eigenvalue weighted by Crippen LogP contribution is 2.66. The van der Waals surface area contributed by atoms with E-state index in [4.69, 9.17) is 0 Å². The van der Waals surface area contributed by atoms with E-state index in [1.165, 1.54) is 22.9 Å². The third-order valence-corrected chi connectivity index (χ3v) is 6.55. The van der Waals surface area contributed by atoms with Gasteiger partial charge in [-0.1, -0.05) is 26.8 Å². The molecule has 0 aliphatic heterocycles. The minimum Gasteiger partial charge on any atom is -0.284 e. The molecule has 4 rings (SSSR count). The van der Waals surface area contributed by atoms with Crippen LogP contribution >= 0.6 is 0 Å². The van der Waals surface area contributed by atoms with Gasteiger partial charge in [-0.15, -0.1) is 0 Å². The van der Waals surface area contributed by atoms with Crippen LogP contribution in [-0.2, 0) is 12.5 Å². The van der Waals surface area contributed by atoms with Crippen LogP contribution < -0.4 is 5.56 Å². The zero-order chi connectivity index (χ0) is 16.7. The van der Waals surface area contributed by atoms with Crippen molar-refractivity contribution in [3.8, 4) is 5.69 Å². The highest BCUT2D eigenvalue weighted by molar-refractivity contribution is 5.47. The average Bonchev–Trinajstić information content (AvgIpc) is 2.93. The van der Waals surface area contributed by atoms with Crippen molar-refractivity contribution in [2.75, 3.05) is 0 Å². The van der Waals surface area contributed by atoms with Gasteiger partial charge in [0.25, 0.3) is 5.56 Å². The first kappa shape index (κ1) is 14.7. The van der Waals surface area contributed by atoms with Crippen LogP contribution in [0.4, 0.5) is 8.78 Å². The summed E-state index contributed by atoms with van der Waals surface area (Å²) in [5.74, 6) is -1.29. The van der Waals surface area contributed by atoms with E-state index < -0.39 is 11.6 Å². The van der Waals surface area contributed by atoms with Gasteiger partial charge in [0.05, 0.1) is 5.69 Å². The maximum absolute atomic E-state index is 14.2. The van der Waals surface area contributed by atoms with Crippen molar-refractivity contribution < 1.29 is 8.78 Å². The largest absolute Gasteiger partial charge is 0.284 e. The van der Waals surface area contributed by atoms with E-state index in [1.54, 1.807) is 11.7 Å². The van der Waals surface area contributed by atoms with Crippen molar-refractivity contribution in [3.05, 3.63) is 51.4 Å². The number of benzene rings is 1. The van der Waals surface area contributed by atoms with Crippen LogP contribution in [-0.4, -0.2) is 9.36 Å². The van der Waals surface area contributed by atoms with Gasteiger partial charge >= 0.3 is 0 Å². The number of halogens is 2. The third-order valence-electron chi connectivity index (χ3n) is 6.55. The molecule has 0 spiro atoms. The number of nitrogens with zero attached hydrogens (tertiary/aromatic N) is 2. The van der Waals surface area contributed by atoms with E-state index in [0.29, 0.717) is 0 Å². The fraction of sp³-hybridized carbons (Fsp3) is 0.500. The summed E-state index contributed by atoms with van der Waals surface area (Å²) in [4.78, 5) is 13.0. The maximum atomic E-state index is 14.2. The Morgan fingerprint density at radius 3 is 2.35 bits per heavy atom. The fourth-order valence-corrected chi connectivity index (χ4v) is 4.97. The summed E-state index contributed by atoms with van der Waals surface area (Å²) in [6, 6.07) is 3.68. The minimum absolute atomic E-state index is 0.0124. The van der Waals surface area contributed by atoms with Gasteiger partial charge in [-0.2, -0.15) is 0 Å². The number of aromatic nitrogens is 2. The molecule has 1 saturated carbocycles. The molecule has 3 nitrogen and oxygen atoms in total. The van der Waals surface area contributed by atoms with E-state index >= 15 is 0 Å². The Hall–Kier alpha value is -1.91. The fourth-order valence-electron chi connectivity index (χ4n) is 4.97. The van der Waals surface area contributed by atoms with Crippen molar-refractivity contribution in [1.29, 1.82) is 0 Å². The molecule has 2 aliphatic rings. The van der Waals surface area contributed by atoms with Gasteiger partial charge in [0.1, 0.15) is 5.69 Å². The van der Waals surface area contributed by atoms with Gasteiger partial charge in [-0.3, -0.25) is 9.48 Å². The quantitative estimate of drug-likeness (QED) is 0.789. The van der Waals surface area contributed by atoms with Crippen LogP contribution in [0.5, 0.6) is 0 Å². The molecule has 1 fully saturated rings. The van der Waals surface area contributed by atoms with Gasteiger partial charge in [0, 0.05) is 18.0 Å². The number of rotatable bonds is 1. The molecular formula is C18H20F2N2O. The molecule has 2 aliphatic carbocycles. The normalized spacial score (nSPS) is 27.5. The first-order valence-corrected chi connectivity index (χ1v) is 7.98. The topological polar surface area (TPSA) is 26.9 Å². The highest BCUT2D eigenvalue weighted by atomic mass is 19.1. The Bertz CT molecular complexity index is 873. The predicted octanol–water partition coefficient (Wildman–Crippen LogP) is 3.63. The van der Waals surface area contributed by atoms with Gasteiger partial charge in [-0.25, -0.2) is 13.5 Å². The molecule has 1 aromatic carbocycles. The molecule has 1 aromatic heterocycles. The van der Waals surface area contributed by atoms with E-state index in [2.05, 4.69) is 20.8 Å². The summed E-state index contributed by atoms with van der Waals surface area (Å²) in [5.41, 5.74) is 0.957. The molecule has 23 heavy (non-hydrogen) atoms. The zero-order valence-corrected chi connectivity index (χ0v) is 13.8. The summed E-state index contributed by atoms with van der Waals surface area (Å²) >= 11 is 0. The predicted molar refractivity (Wildman–Crippen MR) is 84.0 cm³/mol. The monoisotopic (exact) mass is 318 g/mol. The Balaban J connectivity index is 2.08. The Kier molecular flexibility index (Phi) is 2.64. The zero-order valence-electron chi connectivity index (χ0n) is 13.8. The summed E-state index contributed by atoms with van der Waals surface area (Å²) in [5, 5.41) is 0. The third kappa shape index (κ3) is 1.46. The van der Waals surface area contributed by atoms with E-state index in [1.807, 2.05) is 0 Å². The van der Waals surface area contributed by atoms with E-state index in [0.717, 1.165) is 24.1 Å². The second-order valence-electron chi connectivity index (χ2n) is 7.62. The molecule has 0 saturated heterocycles. The minimum atomic E-state index is -0.719. The molecule has 122 valence electrons. The molecule has 2 aromatic rings. The van der Waals surface area contributed by atoms with E-state index in [-0.39, 0.29) is 28.0 Å². The van der Waals surface area contributed by atoms with Crippen LogP contribution in [0, 0.1) is 17.0 Å². The summed E-state index contributed by atoms with van der Waals surface area (Å²) in [6.07, 6.45) is 1.95. The number of fused-ring (bicyclic) bond motifs is 5. The lowest BCUT2D eigenvalue weighted by Crippen LogP contribution is -2.35. The van der Waals surface area contributed by atoms with Crippen LogP contribution in [0.2, 0.25) is 0 Å². The Morgan fingerprint density at radius 2 is 1.78 bits per heavy atom. The Morgan fingerprint density at radius 1 is 1.17 bits per heavy atom. The van der Waals surface area contributed by atoms with Gasteiger partial charge in [-0.05, 0) is 36.3 Å². The van der Waals surface area contributed by atoms with Crippen molar-refractivity contribution >= 4 is 0 Å². The Labute approximate surface area is 133 Å². The van der Waals surface area contributed by atoms with Crippen LogP contribution in [0.1, 0.15) is 50.8 Å². The number of hydrogen-bond donors (Lipinski definition) is 0. The summed E-state index contributed by atoms with van der Waals surface area (Å²) in [6.45, 7) is 6.55. The lowest BCUT2D eigenvalue weighted by molar-refractivity contribution is 0.217. The van der Waals surface area contributed by atoms with Crippen LogP contribution in [0.25, 0.3) is 5.69 Å². The molecule has 0 amide bonds. The van der Waals surface area contributed by atoms with Crippen molar-refractivity contribution in [1.82, 2.24) is 9.36 Å². The molecule has 2 unspecified atom stereocenters. The maximum Gasteiger partial charge on any atom is 0.275 e. The van der Waals surface area contributed by atoms with Crippen molar-refractivity contribution in [3.63, 3.8) is 0 Å². The number of hydrogen-bond acceptors (Lipinski definition) is 1. The highest BCUT2D eigenvalue weighted by Gasteiger charge is 2.62. The van der Waals surface area contributed by atoms with Gasteiger partial charge < -0.3 is 0 Å². The van der Waals surface area contributed by atoms with Crippen LogP contribution in [0.15, 0.2) is 23.0 Å². The number of para-hydroxylation sites is 1. The summed E-state index contributed by atoms with van der Waals surface area (Å²) in [7, 11) is 1.73. The first-order valence-electron chi connectivity index (χ1n) is 7.98. The van der Waals surface area contributed by atoms with Gasteiger partial charge in [0.2, 0.25) is 0 Å². The molecule has 2 atom stereocenters. The molecule has 1 heterocycles. The second kappa shape index (κ2) is 4.13. The standard InChI is InChI=1S/C18H20F2N2O/c1-17(2)10-8-9-18(17,3)15-13(10)16(23)22(21(15)4)14-11(19)6-5-7-12(14)20/h5-7,10H,8-9H2,1-4H3. The van der Waals surface area contributed by atoms with Crippen molar-refractivity contribution in [2.24, 2.45) is 12.5 Å². The van der Waals surface area contributed by atoms with Crippen molar-refractivity contribution in [2.45, 2.75) is 44.9 Å². The SMILES string of the molecule is Cn1c2c(c(=O)n1-c1c(F)cccc1F)C1CCC2(C)C1(C)C. The molecular weight excluding hydrogens is 298 g/mol. The second-order valence-corrected chi connectivity index (χ2v) is 7.62.